The fourth-order valence-corrected chi connectivity index (χ4v) is 3.14. The van der Waals surface area contributed by atoms with Crippen LogP contribution < -0.4 is 5.32 Å². The maximum Gasteiger partial charge on any atom is 0.0629 e. The van der Waals surface area contributed by atoms with Crippen molar-refractivity contribution in [3.8, 4) is 0 Å². The summed E-state index contributed by atoms with van der Waals surface area (Å²) in [6, 6.07) is 20.3. The second kappa shape index (κ2) is 7.93. The Bertz CT molecular complexity index is 731. The zero-order chi connectivity index (χ0) is 15.9. The molecule has 0 bridgehead atoms. The third-order valence-electron chi connectivity index (χ3n) is 3.77. The summed E-state index contributed by atoms with van der Waals surface area (Å²) < 4.78 is 1.16. The van der Waals surface area contributed by atoms with E-state index in [1.165, 1.54) is 11.1 Å². The molecule has 0 spiro atoms. The molecule has 0 heterocycles. The molecule has 0 unspecified atom stereocenters. The third kappa shape index (κ3) is 4.42. The summed E-state index contributed by atoms with van der Waals surface area (Å²) in [5.74, 6) is 0. The van der Waals surface area contributed by atoms with Crippen LogP contribution in [0, 0.1) is 0 Å². The lowest BCUT2D eigenvalue weighted by Gasteiger charge is -2.17. The summed E-state index contributed by atoms with van der Waals surface area (Å²) in [6.07, 6.45) is 7.35. The smallest absolute Gasteiger partial charge is 0.0629 e. The van der Waals surface area contributed by atoms with E-state index < -0.39 is 0 Å². The number of allylic oxidation sites excluding steroid dienone is 3. The van der Waals surface area contributed by atoms with Crippen LogP contribution >= 0.6 is 15.9 Å². The SMILES string of the molecule is BrC1=C(C=Nc2ccccc2)CCC/C1=C\Nc1ccccc1. The molecular weight excluding hydrogens is 348 g/mol. The maximum absolute atomic E-state index is 4.57. The predicted molar refractivity (Wildman–Crippen MR) is 103 cm³/mol. The highest BCUT2D eigenvalue weighted by Gasteiger charge is 2.14. The molecule has 0 amide bonds. The van der Waals surface area contributed by atoms with E-state index in [2.05, 4.69) is 44.6 Å². The minimum Gasteiger partial charge on any atom is -0.361 e. The van der Waals surface area contributed by atoms with Gasteiger partial charge in [0.2, 0.25) is 0 Å². The second-order valence-corrected chi connectivity index (χ2v) is 6.26. The summed E-state index contributed by atoms with van der Waals surface area (Å²) in [5.41, 5.74) is 4.63. The number of halogens is 1. The largest absolute Gasteiger partial charge is 0.361 e. The van der Waals surface area contributed by atoms with Gasteiger partial charge in [-0.15, -0.1) is 0 Å². The van der Waals surface area contributed by atoms with Gasteiger partial charge in [0, 0.05) is 22.6 Å². The van der Waals surface area contributed by atoms with Gasteiger partial charge in [-0.25, -0.2) is 0 Å². The standard InChI is InChI=1S/C20H19BrN2/c21-20-16(14-22-18-10-3-1-4-11-18)8-7-9-17(20)15-23-19-12-5-2-6-13-19/h1-6,10-15,22H,7-9H2/b16-14+,23-15?. The van der Waals surface area contributed by atoms with Gasteiger partial charge in [-0.3, -0.25) is 4.99 Å². The lowest BCUT2D eigenvalue weighted by atomic mass is 9.96. The van der Waals surface area contributed by atoms with Crippen LogP contribution in [0.5, 0.6) is 0 Å². The van der Waals surface area contributed by atoms with Gasteiger partial charge in [0.25, 0.3) is 0 Å². The van der Waals surface area contributed by atoms with Crippen molar-refractivity contribution in [2.75, 3.05) is 5.32 Å². The minimum atomic E-state index is 0.985. The first-order valence-corrected chi connectivity index (χ1v) is 8.61. The van der Waals surface area contributed by atoms with Gasteiger partial charge in [-0.2, -0.15) is 0 Å². The van der Waals surface area contributed by atoms with Crippen LogP contribution in [0.25, 0.3) is 0 Å². The average molecular weight is 367 g/mol. The Balaban J connectivity index is 1.76. The van der Waals surface area contributed by atoms with Crippen molar-refractivity contribution in [2.24, 2.45) is 4.99 Å². The number of hydrogen-bond acceptors (Lipinski definition) is 2. The molecule has 3 rings (SSSR count). The van der Waals surface area contributed by atoms with Crippen LogP contribution in [-0.2, 0) is 0 Å². The van der Waals surface area contributed by atoms with Gasteiger partial charge in [-0.1, -0.05) is 52.3 Å². The quantitative estimate of drug-likeness (QED) is 0.638. The molecular formula is C20H19BrN2. The van der Waals surface area contributed by atoms with Crippen LogP contribution in [-0.4, -0.2) is 6.21 Å². The van der Waals surface area contributed by atoms with Crippen LogP contribution in [0.1, 0.15) is 19.3 Å². The van der Waals surface area contributed by atoms with Gasteiger partial charge in [0.15, 0.2) is 0 Å². The molecule has 116 valence electrons. The van der Waals surface area contributed by atoms with Gasteiger partial charge in [0.05, 0.1) is 5.69 Å². The maximum atomic E-state index is 4.57. The summed E-state index contributed by atoms with van der Waals surface area (Å²) in [5, 5.41) is 3.37. The first-order valence-electron chi connectivity index (χ1n) is 7.82. The number of benzene rings is 2. The first kappa shape index (κ1) is 15.8. The van der Waals surface area contributed by atoms with Crippen LogP contribution in [0.4, 0.5) is 11.4 Å². The number of nitrogens with one attached hydrogen (secondary N) is 1. The highest BCUT2D eigenvalue weighted by molar-refractivity contribution is 9.12. The molecule has 0 atom stereocenters. The van der Waals surface area contributed by atoms with Crippen LogP contribution in [0.3, 0.4) is 0 Å². The van der Waals surface area contributed by atoms with Crippen LogP contribution in [0.2, 0.25) is 0 Å². The Hall–Kier alpha value is -2.13. The summed E-state index contributed by atoms with van der Waals surface area (Å²) in [7, 11) is 0. The van der Waals surface area contributed by atoms with Crippen molar-refractivity contribution < 1.29 is 0 Å². The molecule has 23 heavy (non-hydrogen) atoms. The van der Waals surface area contributed by atoms with Crippen molar-refractivity contribution in [1.82, 2.24) is 0 Å². The Kier molecular flexibility index (Phi) is 5.43. The summed E-state index contributed by atoms with van der Waals surface area (Å²) in [4.78, 5) is 4.57. The molecule has 0 aromatic heterocycles. The summed E-state index contributed by atoms with van der Waals surface area (Å²) in [6.45, 7) is 0. The molecule has 0 saturated carbocycles. The van der Waals surface area contributed by atoms with Crippen molar-refractivity contribution in [2.45, 2.75) is 19.3 Å². The van der Waals surface area contributed by atoms with E-state index in [9.17, 15) is 0 Å². The molecule has 1 aliphatic rings. The van der Waals surface area contributed by atoms with Gasteiger partial charge < -0.3 is 5.32 Å². The number of para-hydroxylation sites is 2. The highest BCUT2D eigenvalue weighted by Crippen LogP contribution is 2.33. The normalized spacial score (nSPS) is 17.0. The van der Waals surface area contributed by atoms with Crippen LogP contribution in [0.15, 0.2) is 87.5 Å². The van der Waals surface area contributed by atoms with Gasteiger partial charge in [0.1, 0.15) is 0 Å². The highest BCUT2D eigenvalue weighted by atomic mass is 79.9. The Labute approximate surface area is 145 Å². The Morgan fingerprint density at radius 2 is 1.61 bits per heavy atom. The zero-order valence-electron chi connectivity index (χ0n) is 12.9. The molecule has 0 fully saturated rings. The van der Waals surface area contributed by atoms with E-state index in [4.69, 9.17) is 0 Å². The minimum absolute atomic E-state index is 0.985. The molecule has 2 aromatic carbocycles. The fraction of sp³-hybridized carbons (Fsp3) is 0.150. The second-order valence-electron chi connectivity index (χ2n) is 5.47. The van der Waals surface area contributed by atoms with E-state index in [1.807, 2.05) is 54.7 Å². The van der Waals surface area contributed by atoms with Crippen molar-refractivity contribution in [1.29, 1.82) is 0 Å². The number of anilines is 1. The van der Waals surface area contributed by atoms with Crippen molar-refractivity contribution in [3.63, 3.8) is 0 Å². The molecule has 0 radical (unpaired) electrons. The van der Waals surface area contributed by atoms with Gasteiger partial charge in [-0.05, 0) is 54.7 Å². The van der Waals surface area contributed by atoms with E-state index in [-0.39, 0.29) is 0 Å². The van der Waals surface area contributed by atoms with E-state index >= 15 is 0 Å². The van der Waals surface area contributed by atoms with Gasteiger partial charge >= 0.3 is 0 Å². The lowest BCUT2D eigenvalue weighted by molar-refractivity contribution is 0.802. The monoisotopic (exact) mass is 366 g/mol. The number of aliphatic imine (C=N–C) groups is 1. The van der Waals surface area contributed by atoms with E-state index in [0.29, 0.717) is 0 Å². The lowest BCUT2D eigenvalue weighted by Crippen LogP contribution is -2.02. The number of nitrogens with zero attached hydrogens (tertiary/aromatic N) is 1. The van der Waals surface area contributed by atoms with Crippen molar-refractivity contribution in [3.05, 3.63) is 82.5 Å². The number of rotatable bonds is 4. The Morgan fingerprint density at radius 3 is 2.35 bits per heavy atom. The topological polar surface area (TPSA) is 24.4 Å². The number of hydrogen-bond donors (Lipinski definition) is 1. The van der Waals surface area contributed by atoms with E-state index in [0.717, 1.165) is 35.1 Å². The molecule has 1 N–H and O–H groups in total. The molecule has 2 aromatic rings. The average Bonchev–Trinajstić information content (AvgIpc) is 2.61. The Morgan fingerprint density at radius 1 is 0.913 bits per heavy atom. The molecule has 0 saturated heterocycles. The fourth-order valence-electron chi connectivity index (χ4n) is 2.52. The first-order chi connectivity index (χ1) is 11.3. The third-order valence-corrected chi connectivity index (χ3v) is 4.79. The molecule has 0 aliphatic heterocycles. The molecule has 3 heteroatoms. The van der Waals surface area contributed by atoms with E-state index in [1.54, 1.807) is 0 Å². The van der Waals surface area contributed by atoms with Crippen molar-refractivity contribution >= 4 is 33.5 Å². The zero-order valence-corrected chi connectivity index (χ0v) is 14.5. The predicted octanol–water partition coefficient (Wildman–Crippen LogP) is 6.22. The molecule has 1 aliphatic carbocycles. The molecule has 2 nitrogen and oxygen atoms in total. The summed E-state index contributed by atoms with van der Waals surface area (Å²) >= 11 is 3.75.